The zero-order valence-electron chi connectivity index (χ0n) is 45.8. The molecule has 85 heavy (non-hydrogen) atoms. The van der Waals surface area contributed by atoms with Crippen LogP contribution >= 0.6 is 56.5 Å². The fourth-order valence-corrected chi connectivity index (χ4v) is 16.6. The second-order valence-electron chi connectivity index (χ2n) is 22.4. The van der Waals surface area contributed by atoms with Crippen LogP contribution in [0.1, 0.15) is 44.5 Å². The van der Waals surface area contributed by atoms with E-state index in [1.54, 1.807) is 0 Å². The molecule has 0 amide bonds. The highest BCUT2D eigenvalue weighted by Gasteiger charge is 2.49. The number of hydrogen-bond acceptors (Lipinski definition) is 3. The Kier molecular flexibility index (Phi) is 11.8. The molecule has 2 aliphatic carbocycles. The molecule has 398 valence electrons. The molecule has 17 rings (SSSR count). The summed E-state index contributed by atoms with van der Waals surface area (Å²) in [6.45, 7) is 0. The molecule has 2 aromatic heterocycles. The monoisotopic (exact) mass is 1320 g/mol. The molecular formula is C80H48I2N2S. The summed E-state index contributed by atoms with van der Waals surface area (Å²) >= 11 is 6.64. The minimum absolute atomic E-state index is 0.587. The Balaban J connectivity index is 1.03. The summed E-state index contributed by atoms with van der Waals surface area (Å²) < 4.78 is 2.41. The molecule has 5 heteroatoms. The number of benzene rings is 13. The van der Waals surface area contributed by atoms with Gasteiger partial charge >= 0.3 is 0 Å². The third-order valence-electron chi connectivity index (χ3n) is 18.2. The molecule has 0 aliphatic heterocycles. The first kappa shape index (κ1) is 50.6. The summed E-state index contributed by atoms with van der Waals surface area (Å²) in [6, 6.07) is 108. The van der Waals surface area contributed by atoms with Crippen molar-refractivity contribution in [3.05, 3.63) is 343 Å². The van der Waals surface area contributed by atoms with Crippen LogP contribution in [0.25, 0.3) is 109 Å². The number of aromatic nitrogens is 2. The van der Waals surface area contributed by atoms with E-state index >= 15 is 0 Å². The van der Waals surface area contributed by atoms with Crippen LogP contribution in [0.15, 0.2) is 291 Å². The van der Waals surface area contributed by atoms with Gasteiger partial charge < -0.3 is 0 Å². The summed E-state index contributed by atoms with van der Waals surface area (Å²) in [6.07, 6.45) is 0. The number of nitrogens with zero attached hydrogens (tertiary/aromatic N) is 2. The van der Waals surface area contributed by atoms with Crippen LogP contribution in [-0.2, 0) is 10.8 Å². The van der Waals surface area contributed by atoms with Crippen molar-refractivity contribution in [3.8, 4) is 65.4 Å². The molecule has 0 bridgehead atoms. The quantitative estimate of drug-likeness (QED) is 0.112. The van der Waals surface area contributed by atoms with Crippen molar-refractivity contribution < 1.29 is 0 Å². The lowest BCUT2D eigenvalue weighted by Gasteiger charge is -2.34. The minimum Gasteiger partial charge on any atom is -0.242 e. The Morgan fingerprint density at radius 3 is 0.953 bits per heavy atom. The van der Waals surface area contributed by atoms with Crippen LogP contribution in [0.3, 0.4) is 0 Å². The minimum atomic E-state index is -0.587. The SMILES string of the molecule is Ic1ccc(-c2ccc3c4ccc(-c5ccc(I)cc5)cc4c4nc5c(-c6cccc7c6-c6ccccc6C7(c6ccccc6)c6ccccc6)sc(-c6cccc7c6-c6ccccc6C7(c6ccccc6)c6ccccc6)c5nc4c3c2)cc1. The molecule has 13 aromatic carbocycles. The molecule has 2 nitrogen and oxygen atoms in total. The summed E-state index contributed by atoms with van der Waals surface area (Å²) in [7, 11) is 0. The lowest BCUT2D eigenvalue weighted by Crippen LogP contribution is -2.28. The number of thiophene rings is 1. The highest BCUT2D eigenvalue weighted by atomic mass is 127. The fourth-order valence-electron chi connectivity index (χ4n) is 14.7. The average molecular weight is 1320 g/mol. The third kappa shape index (κ3) is 7.52. The van der Waals surface area contributed by atoms with Crippen molar-refractivity contribution in [1.82, 2.24) is 9.97 Å². The van der Waals surface area contributed by atoms with E-state index in [0.29, 0.717) is 0 Å². The van der Waals surface area contributed by atoms with Crippen LogP contribution < -0.4 is 0 Å². The van der Waals surface area contributed by atoms with Crippen LogP contribution in [0.5, 0.6) is 0 Å². The van der Waals surface area contributed by atoms with Gasteiger partial charge in [-0.3, -0.25) is 0 Å². The summed E-state index contributed by atoms with van der Waals surface area (Å²) in [5.41, 5.74) is 24.2. The first-order chi connectivity index (χ1) is 42.0. The second kappa shape index (κ2) is 19.9. The Hall–Kier alpha value is -8.86. The molecular weight excluding hydrogens is 1270 g/mol. The largest absolute Gasteiger partial charge is 0.242 e. The normalized spacial score (nSPS) is 13.5. The number of hydrogen-bond donors (Lipinski definition) is 0. The van der Waals surface area contributed by atoms with E-state index in [-0.39, 0.29) is 0 Å². The lowest BCUT2D eigenvalue weighted by atomic mass is 9.67. The molecule has 2 aliphatic rings. The molecule has 0 spiro atoms. The maximum absolute atomic E-state index is 6.18. The van der Waals surface area contributed by atoms with Gasteiger partial charge in [0.1, 0.15) is 11.0 Å². The van der Waals surface area contributed by atoms with Gasteiger partial charge in [0.25, 0.3) is 0 Å². The van der Waals surface area contributed by atoms with Crippen molar-refractivity contribution in [3.63, 3.8) is 0 Å². The van der Waals surface area contributed by atoms with E-state index in [9.17, 15) is 0 Å². The highest BCUT2D eigenvalue weighted by molar-refractivity contribution is 14.1. The standard InChI is InChI=1S/C80H48I2N2S/c81-57-41-35-49(36-42-57)51-39-45-59-60-46-40-52(50-37-43-58(82)44-38-50)48-66(60)74-73(65(59)47-51)83-75-76(84-74)78(64-30-18-34-70-72(64)62-28-14-16-32-68(62)80(70,55-23-9-3-10-24-55)56-25-11-4-12-26-56)85-77(75)63-29-17-33-69-71(63)61-27-13-15-31-67(61)79(69,53-19-5-1-6-20-53)54-21-7-2-8-22-54/h1-48H. The van der Waals surface area contributed by atoms with Gasteiger partial charge in [-0.1, -0.05) is 255 Å². The Morgan fingerprint density at radius 1 is 0.259 bits per heavy atom. The number of rotatable bonds is 8. The Bertz CT molecular complexity index is 4770. The van der Waals surface area contributed by atoms with E-state index in [0.717, 1.165) is 86.7 Å². The van der Waals surface area contributed by atoms with Crippen LogP contribution in [0.4, 0.5) is 0 Å². The number of fused-ring (bicyclic) bond motifs is 13. The van der Waals surface area contributed by atoms with E-state index < -0.39 is 10.8 Å². The van der Waals surface area contributed by atoms with Crippen molar-refractivity contribution in [1.29, 1.82) is 0 Å². The van der Waals surface area contributed by atoms with Gasteiger partial charge in [0.2, 0.25) is 0 Å². The lowest BCUT2D eigenvalue weighted by molar-refractivity contribution is 0.768. The molecule has 0 saturated carbocycles. The molecule has 15 aromatic rings. The molecule has 0 radical (unpaired) electrons. The second-order valence-corrected chi connectivity index (χ2v) is 25.9. The fraction of sp³-hybridized carbons (Fsp3) is 0.0250. The molecule has 0 fully saturated rings. The van der Waals surface area contributed by atoms with Gasteiger partial charge in [-0.2, -0.15) is 0 Å². The Morgan fingerprint density at radius 2 is 0.576 bits per heavy atom. The van der Waals surface area contributed by atoms with Gasteiger partial charge in [-0.15, -0.1) is 11.3 Å². The molecule has 2 heterocycles. The summed E-state index contributed by atoms with van der Waals surface area (Å²) in [5.74, 6) is 0. The maximum atomic E-state index is 6.18. The van der Waals surface area contributed by atoms with E-state index in [4.69, 9.17) is 9.97 Å². The van der Waals surface area contributed by atoms with Crippen molar-refractivity contribution in [2.24, 2.45) is 0 Å². The zero-order chi connectivity index (χ0) is 56.4. The predicted octanol–water partition coefficient (Wildman–Crippen LogP) is 21.8. The van der Waals surface area contributed by atoms with Crippen molar-refractivity contribution in [2.45, 2.75) is 10.8 Å². The van der Waals surface area contributed by atoms with Crippen LogP contribution in [0.2, 0.25) is 0 Å². The van der Waals surface area contributed by atoms with Gasteiger partial charge in [0.15, 0.2) is 0 Å². The summed E-state index contributed by atoms with van der Waals surface area (Å²) in [5, 5.41) is 4.46. The highest BCUT2D eigenvalue weighted by Crippen LogP contribution is 2.62. The van der Waals surface area contributed by atoms with Crippen LogP contribution in [0, 0.1) is 7.14 Å². The first-order valence-electron chi connectivity index (χ1n) is 28.8. The van der Waals surface area contributed by atoms with Gasteiger partial charge in [0.05, 0.1) is 31.6 Å². The van der Waals surface area contributed by atoms with E-state index in [1.165, 1.54) is 73.9 Å². The molecule has 0 unspecified atom stereocenters. The van der Waals surface area contributed by atoms with Gasteiger partial charge in [-0.05, 0) is 181 Å². The number of halogens is 2. The van der Waals surface area contributed by atoms with Gasteiger partial charge in [-0.25, -0.2) is 9.97 Å². The molecule has 0 saturated heterocycles. The first-order valence-corrected chi connectivity index (χ1v) is 31.8. The van der Waals surface area contributed by atoms with Crippen molar-refractivity contribution >= 4 is 100 Å². The van der Waals surface area contributed by atoms with Crippen LogP contribution in [-0.4, -0.2) is 9.97 Å². The van der Waals surface area contributed by atoms with E-state index in [2.05, 4.69) is 336 Å². The maximum Gasteiger partial charge on any atom is 0.109 e. The smallest absolute Gasteiger partial charge is 0.109 e. The third-order valence-corrected chi connectivity index (χ3v) is 20.9. The van der Waals surface area contributed by atoms with E-state index in [1.807, 2.05) is 11.3 Å². The molecule has 0 atom stereocenters. The van der Waals surface area contributed by atoms with Crippen molar-refractivity contribution in [2.75, 3.05) is 0 Å². The topological polar surface area (TPSA) is 25.8 Å². The predicted molar refractivity (Wildman–Crippen MR) is 372 cm³/mol. The Labute approximate surface area is 524 Å². The zero-order valence-corrected chi connectivity index (χ0v) is 50.9. The summed E-state index contributed by atoms with van der Waals surface area (Å²) in [4.78, 5) is 14.6. The average Bonchev–Trinajstić information content (AvgIpc) is 1.62. The molecule has 0 N–H and O–H groups in total. The van der Waals surface area contributed by atoms with Gasteiger partial charge in [0, 0.05) is 29.0 Å².